The lowest BCUT2D eigenvalue weighted by Crippen LogP contribution is -2.40. The van der Waals surface area contributed by atoms with E-state index in [-0.39, 0.29) is 12.4 Å². The fraction of sp³-hybridized carbons (Fsp3) is 0.533. The van der Waals surface area contributed by atoms with E-state index >= 15 is 0 Å². The second kappa shape index (κ2) is 6.89. The van der Waals surface area contributed by atoms with Gasteiger partial charge < -0.3 is 15.4 Å². The van der Waals surface area contributed by atoms with Crippen LogP contribution in [-0.4, -0.2) is 32.2 Å². The number of benzene rings is 1. The summed E-state index contributed by atoms with van der Waals surface area (Å²) >= 11 is 0. The van der Waals surface area contributed by atoms with Crippen molar-refractivity contribution >= 4 is 5.96 Å². The van der Waals surface area contributed by atoms with Gasteiger partial charge in [0, 0.05) is 13.1 Å². The van der Waals surface area contributed by atoms with Gasteiger partial charge in [0.05, 0.1) is 12.1 Å². The van der Waals surface area contributed by atoms with Crippen LogP contribution >= 0.6 is 0 Å². The predicted octanol–water partition coefficient (Wildman–Crippen LogP) is 2.66. The maximum atomic E-state index is 12.6. The van der Waals surface area contributed by atoms with E-state index in [0.717, 1.165) is 18.6 Å². The quantitative estimate of drug-likeness (QED) is 0.499. The molecule has 0 saturated heterocycles. The number of hydrogen-bond acceptors (Lipinski definition) is 2. The number of aliphatic imine (C=N–C) groups is 1. The summed E-state index contributed by atoms with van der Waals surface area (Å²) in [6, 6.07) is 5.32. The predicted molar refractivity (Wildman–Crippen MR) is 79.0 cm³/mol. The number of nitrogens with one attached hydrogen (secondary N) is 2. The van der Waals surface area contributed by atoms with Gasteiger partial charge in [0.15, 0.2) is 5.96 Å². The molecule has 0 radical (unpaired) electrons. The molecule has 1 aliphatic carbocycles. The molecule has 2 unspecified atom stereocenters. The van der Waals surface area contributed by atoms with Gasteiger partial charge in [0.25, 0.3) is 0 Å². The molecule has 0 spiro atoms. The minimum atomic E-state index is -4.36. The molecule has 2 rings (SSSR count). The van der Waals surface area contributed by atoms with Crippen LogP contribution in [0.25, 0.3) is 0 Å². The van der Waals surface area contributed by atoms with E-state index in [0.29, 0.717) is 24.5 Å². The van der Waals surface area contributed by atoms with Crippen molar-refractivity contribution in [1.29, 1.82) is 0 Å². The van der Waals surface area contributed by atoms with E-state index in [1.165, 1.54) is 12.1 Å². The highest BCUT2D eigenvalue weighted by molar-refractivity contribution is 5.80. The molecule has 0 aromatic heterocycles. The van der Waals surface area contributed by atoms with E-state index in [9.17, 15) is 13.2 Å². The summed E-state index contributed by atoms with van der Waals surface area (Å²) in [5.41, 5.74) is -0.710. The molecular weight excluding hydrogens is 295 g/mol. The Morgan fingerprint density at radius 1 is 1.41 bits per heavy atom. The van der Waals surface area contributed by atoms with Crippen LogP contribution in [-0.2, 0) is 6.18 Å². The van der Waals surface area contributed by atoms with Crippen molar-refractivity contribution in [3.8, 4) is 5.75 Å². The summed E-state index contributed by atoms with van der Waals surface area (Å²) in [5.74, 6) is 1.54. The topological polar surface area (TPSA) is 45.7 Å². The first-order valence-electron chi connectivity index (χ1n) is 7.17. The van der Waals surface area contributed by atoms with Gasteiger partial charge in [0.1, 0.15) is 12.4 Å². The Hall–Kier alpha value is -1.92. The minimum absolute atomic E-state index is 0.204. The highest BCUT2D eigenvalue weighted by Crippen LogP contribution is 2.31. The monoisotopic (exact) mass is 315 g/mol. The molecule has 0 heterocycles. The van der Waals surface area contributed by atoms with Crippen LogP contribution in [0.3, 0.4) is 0 Å². The zero-order chi connectivity index (χ0) is 16.2. The number of halogens is 3. The molecule has 2 atom stereocenters. The molecule has 4 nitrogen and oxygen atoms in total. The Kier molecular flexibility index (Phi) is 5.15. The van der Waals surface area contributed by atoms with Gasteiger partial charge in [-0.1, -0.05) is 13.0 Å². The SMILES string of the molecule is CN=C(NCCOc1cccc(C(F)(F)F)c1)NC1CC1C. The van der Waals surface area contributed by atoms with Crippen LogP contribution in [0.2, 0.25) is 0 Å². The lowest BCUT2D eigenvalue weighted by atomic mass is 10.2. The fourth-order valence-electron chi connectivity index (χ4n) is 1.99. The molecule has 1 aliphatic rings. The van der Waals surface area contributed by atoms with Crippen molar-refractivity contribution in [2.24, 2.45) is 10.9 Å². The molecule has 0 bridgehead atoms. The number of hydrogen-bond donors (Lipinski definition) is 2. The van der Waals surface area contributed by atoms with Gasteiger partial charge in [-0.3, -0.25) is 4.99 Å². The van der Waals surface area contributed by atoms with Crippen molar-refractivity contribution < 1.29 is 17.9 Å². The standard InChI is InChI=1S/C15H20F3N3O/c1-10-8-13(10)21-14(19-2)20-6-7-22-12-5-3-4-11(9-12)15(16,17)18/h3-5,9-10,13H,6-8H2,1-2H3,(H2,19,20,21). The number of rotatable bonds is 5. The summed E-state index contributed by atoms with van der Waals surface area (Å²) in [7, 11) is 1.68. The van der Waals surface area contributed by atoms with Crippen LogP contribution in [0.1, 0.15) is 18.9 Å². The first kappa shape index (κ1) is 16.5. The van der Waals surface area contributed by atoms with Crippen molar-refractivity contribution in [2.75, 3.05) is 20.2 Å². The first-order chi connectivity index (χ1) is 10.4. The van der Waals surface area contributed by atoms with Gasteiger partial charge in [0.2, 0.25) is 0 Å². The molecule has 2 N–H and O–H groups in total. The van der Waals surface area contributed by atoms with Crippen LogP contribution in [0.5, 0.6) is 5.75 Å². The molecule has 122 valence electrons. The molecule has 22 heavy (non-hydrogen) atoms. The lowest BCUT2D eigenvalue weighted by Gasteiger charge is -2.13. The Morgan fingerprint density at radius 3 is 2.73 bits per heavy atom. The minimum Gasteiger partial charge on any atom is -0.492 e. The largest absolute Gasteiger partial charge is 0.492 e. The molecule has 1 aromatic rings. The van der Waals surface area contributed by atoms with E-state index in [2.05, 4.69) is 22.5 Å². The summed E-state index contributed by atoms with van der Waals surface area (Å²) in [6.07, 6.45) is -3.23. The van der Waals surface area contributed by atoms with E-state index < -0.39 is 11.7 Å². The molecule has 1 fully saturated rings. The number of nitrogens with zero attached hydrogens (tertiary/aromatic N) is 1. The van der Waals surface area contributed by atoms with E-state index in [1.54, 1.807) is 7.05 Å². The maximum Gasteiger partial charge on any atom is 0.416 e. The Morgan fingerprint density at radius 2 is 2.14 bits per heavy atom. The molecule has 7 heteroatoms. The number of alkyl halides is 3. The molecule has 0 aliphatic heterocycles. The maximum absolute atomic E-state index is 12.6. The van der Waals surface area contributed by atoms with Crippen LogP contribution in [0.15, 0.2) is 29.3 Å². The zero-order valence-corrected chi connectivity index (χ0v) is 12.6. The number of ether oxygens (including phenoxy) is 1. The third-order valence-electron chi connectivity index (χ3n) is 3.48. The first-order valence-corrected chi connectivity index (χ1v) is 7.17. The van der Waals surface area contributed by atoms with Crippen LogP contribution in [0.4, 0.5) is 13.2 Å². The summed E-state index contributed by atoms with van der Waals surface area (Å²) in [5, 5.41) is 6.32. The van der Waals surface area contributed by atoms with Gasteiger partial charge in [-0.25, -0.2) is 0 Å². The van der Waals surface area contributed by atoms with Gasteiger partial charge in [-0.15, -0.1) is 0 Å². The average Bonchev–Trinajstić information content (AvgIpc) is 3.17. The van der Waals surface area contributed by atoms with Gasteiger partial charge >= 0.3 is 6.18 Å². The van der Waals surface area contributed by atoms with Gasteiger partial charge in [-0.05, 0) is 30.5 Å². The summed E-state index contributed by atoms with van der Waals surface area (Å²) in [6.45, 7) is 2.86. The van der Waals surface area contributed by atoms with E-state index in [1.807, 2.05) is 0 Å². The average molecular weight is 315 g/mol. The van der Waals surface area contributed by atoms with E-state index in [4.69, 9.17) is 4.74 Å². The third kappa shape index (κ3) is 4.82. The highest BCUT2D eigenvalue weighted by Gasteiger charge is 2.33. The lowest BCUT2D eigenvalue weighted by molar-refractivity contribution is -0.137. The zero-order valence-electron chi connectivity index (χ0n) is 12.6. The molecule has 1 aromatic carbocycles. The van der Waals surface area contributed by atoms with Crippen LogP contribution in [0, 0.1) is 5.92 Å². The number of guanidine groups is 1. The second-order valence-corrected chi connectivity index (χ2v) is 5.34. The van der Waals surface area contributed by atoms with Crippen LogP contribution < -0.4 is 15.4 Å². The van der Waals surface area contributed by atoms with Gasteiger partial charge in [-0.2, -0.15) is 13.2 Å². The molecular formula is C15H20F3N3O. The van der Waals surface area contributed by atoms with Crippen molar-refractivity contribution in [1.82, 2.24) is 10.6 Å². The molecule has 0 amide bonds. The highest BCUT2D eigenvalue weighted by atomic mass is 19.4. The summed E-state index contributed by atoms with van der Waals surface area (Å²) < 4.78 is 43.1. The summed E-state index contributed by atoms with van der Waals surface area (Å²) in [4.78, 5) is 4.08. The van der Waals surface area contributed by atoms with Crippen molar-refractivity contribution in [3.05, 3.63) is 29.8 Å². The van der Waals surface area contributed by atoms with Crippen molar-refractivity contribution in [3.63, 3.8) is 0 Å². The second-order valence-electron chi connectivity index (χ2n) is 5.34. The Labute approximate surface area is 127 Å². The fourth-order valence-corrected chi connectivity index (χ4v) is 1.99. The Balaban J connectivity index is 1.74. The molecule has 1 saturated carbocycles. The normalized spacial score (nSPS) is 21.4. The smallest absolute Gasteiger partial charge is 0.416 e. The Bertz CT molecular complexity index is 531. The van der Waals surface area contributed by atoms with Crippen molar-refractivity contribution in [2.45, 2.75) is 25.6 Å². The third-order valence-corrected chi connectivity index (χ3v) is 3.48.